The zero-order valence-corrected chi connectivity index (χ0v) is 8.90. The number of nitriles is 1. The largest absolute Gasteiger partial charge is 0.380 e. The van der Waals surface area contributed by atoms with E-state index < -0.39 is 0 Å². The summed E-state index contributed by atoms with van der Waals surface area (Å²) >= 11 is 1.58. The van der Waals surface area contributed by atoms with E-state index in [9.17, 15) is 0 Å². The maximum absolute atomic E-state index is 9.00. The molecular formula is C11H12N2S. The minimum atomic E-state index is 0.673. The minimum absolute atomic E-state index is 0.673. The Hall–Kier alpha value is -1.40. The van der Waals surface area contributed by atoms with Gasteiger partial charge in [-0.25, -0.2) is 0 Å². The lowest BCUT2D eigenvalue weighted by Gasteiger charge is -2.08. The van der Waals surface area contributed by atoms with Gasteiger partial charge >= 0.3 is 0 Å². The van der Waals surface area contributed by atoms with E-state index in [0.29, 0.717) is 12.1 Å². The topological polar surface area (TPSA) is 35.8 Å². The molecule has 14 heavy (non-hydrogen) atoms. The summed E-state index contributed by atoms with van der Waals surface area (Å²) in [5.41, 5.74) is 1.58. The van der Waals surface area contributed by atoms with Crippen LogP contribution < -0.4 is 5.32 Å². The van der Waals surface area contributed by atoms with Gasteiger partial charge in [0, 0.05) is 11.4 Å². The number of rotatable bonds is 4. The van der Waals surface area contributed by atoms with Crippen LogP contribution in [0.3, 0.4) is 0 Å². The van der Waals surface area contributed by atoms with Crippen molar-refractivity contribution >= 4 is 17.4 Å². The van der Waals surface area contributed by atoms with Crippen LogP contribution in [-0.2, 0) is 0 Å². The summed E-state index contributed by atoms with van der Waals surface area (Å²) in [6.07, 6.45) is 3.74. The molecule has 0 atom stereocenters. The van der Waals surface area contributed by atoms with Gasteiger partial charge in [0.15, 0.2) is 0 Å². The van der Waals surface area contributed by atoms with E-state index in [-0.39, 0.29) is 0 Å². The van der Waals surface area contributed by atoms with Crippen LogP contribution in [0.25, 0.3) is 0 Å². The van der Waals surface area contributed by atoms with Crippen molar-refractivity contribution in [1.29, 1.82) is 5.26 Å². The van der Waals surface area contributed by atoms with Gasteiger partial charge in [-0.1, -0.05) is 12.1 Å². The number of hydrogen-bond acceptors (Lipinski definition) is 3. The highest BCUT2D eigenvalue weighted by atomic mass is 32.2. The molecule has 0 amide bonds. The lowest BCUT2D eigenvalue weighted by atomic mass is 10.2. The smallest absolute Gasteiger partial charge is 0.102 e. The molecule has 0 aromatic heterocycles. The third-order valence-corrected chi connectivity index (χ3v) is 2.57. The molecule has 72 valence electrons. The van der Waals surface area contributed by atoms with Crippen LogP contribution in [0.2, 0.25) is 0 Å². The number of nitrogens with zero attached hydrogens (tertiary/aromatic N) is 1. The van der Waals surface area contributed by atoms with Gasteiger partial charge in [0.05, 0.1) is 11.3 Å². The lowest BCUT2D eigenvalue weighted by molar-refractivity contribution is 1.29. The number of hydrogen-bond donors (Lipinski definition) is 1. The van der Waals surface area contributed by atoms with E-state index in [4.69, 9.17) is 5.26 Å². The van der Waals surface area contributed by atoms with Crippen molar-refractivity contribution in [3.8, 4) is 6.07 Å². The second-order valence-corrected chi connectivity index (χ2v) is 3.51. The van der Waals surface area contributed by atoms with E-state index in [2.05, 4.69) is 18.0 Å². The summed E-state index contributed by atoms with van der Waals surface area (Å²) in [5, 5.41) is 12.1. The molecule has 0 aliphatic carbocycles. The first-order valence-corrected chi connectivity index (χ1v) is 5.47. The molecule has 0 radical (unpaired) electrons. The third-order valence-electron chi connectivity index (χ3n) is 1.79. The predicted molar refractivity (Wildman–Crippen MR) is 61.6 cm³/mol. The van der Waals surface area contributed by atoms with Gasteiger partial charge in [0.2, 0.25) is 0 Å². The minimum Gasteiger partial charge on any atom is -0.380 e. The van der Waals surface area contributed by atoms with E-state index in [1.54, 1.807) is 17.8 Å². The number of anilines is 1. The van der Waals surface area contributed by atoms with Crippen molar-refractivity contribution in [2.45, 2.75) is 4.90 Å². The molecule has 0 heterocycles. The van der Waals surface area contributed by atoms with E-state index >= 15 is 0 Å². The molecule has 1 aromatic carbocycles. The van der Waals surface area contributed by atoms with Crippen molar-refractivity contribution in [2.75, 3.05) is 18.1 Å². The van der Waals surface area contributed by atoms with Crippen LogP contribution in [0.1, 0.15) is 5.56 Å². The first-order valence-electron chi connectivity index (χ1n) is 4.25. The van der Waals surface area contributed by atoms with Gasteiger partial charge < -0.3 is 5.32 Å². The van der Waals surface area contributed by atoms with Gasteiger partial charge in [0.25, 0.3) is 0 Å². The number of thioether (sulfide) groups is 1. The van der Waals surface area contributed by atoms with Gasteiger partial charge in [0.1, 0.15) is 6.07 Å². The van der Waals surface area contributed by atoms with Crippen LogP contribution >= 0.6 is 11.8 Å². The first kappa shape index (κ1) is 10.7. The fourth-order valence-corrected chi connectivity index (χ4v) is 1.72. The fraction of sp³-hybridized carbons (Fsp3) is 0.182. The van der Waals surface area contributed by atoms with Crippen LogP contribution in [-0.4, -0.2) is 12.8 Å². The average molecular weight is 204 g/mol. The van der Waals surface area contributed by atoms with E-state index in [1.807, 2.05) is 24.5 Å². The monoisotopic (exact) mass is 204 g/mol. The molecular weight excluding hydrogens is 192 g/mol. The maximum Gasteiger partial charge on any atom is 0.102 e. The molecule has 1 aromatic rings. The highest BCUT2D eigenvalue weighted by Gasteiger charge is 2.05. The molecule has 2 nitrogen and oxygen atoms in total. The molecule has 0 aliphatic heterocycles. The SMILES string of the molecule is C=CCNc1cccc(SC)c1C#N. The van der Waals surface area contributed by atoms with Gasteiger partial charge in [-0.3, -0.25) is 0 Å². The molecule has 0 bridgehead atoms. The number of benzene rings is 1. The quantitative estimate of drug-likeness (QED) is 0.605. The van der Waals surface area contributed by atoms with Crippen LogP contribution in [0.15, 0.2) is 35.7 Å². The molecule has 1 N–H and O–H groups in total. The summed E-state index contributed by atoms with van der Waals surface area (Å²) in [4.78, 5) is 1.00. The lowest BCUT2D eigenvalue weighted by Crippen LogP contribution is -2.00. The number of nitrogens with one attached hydrogen (secondary N) is 1. The van der Waals surface area contributed by atoms with Crippen molar-refractivity contribution in [3.05, 3.63) is 36.4 Å². The Morgan fingerprint density at radius 2 is 2.43 bits per heavy atom. The van der Waals surface area contributed by atoms with Gasteiger partial charge in [-0.15, -0.1) is 18.3 Å². The summed E-state index contributed by atoms with van der Waals surface area (Å²) in [5.74, 6) is 0. The van der Waals surface area contributed by atoms with Crippen LogP contribution in [0, 0.1) is 11.3 Å². The second kappa shape index (κ2) is 5.36. The highest BCUT2D eigenvalue weighted by Crippen LogP contribution is 2.25. The Kier molecular flexibility index (Phi) is 4.09. The van der Waals surface area contributed by atoms with Crippen LogP contribution in [0.4, 0.5) is 5.69 Å². The average Bonchev–Trinajstić information content (AvgIpc) is 2.25. The Balaban J connectivity index is 3.03. The Morgan fingerprint density at radius 3 is 3.00 bits per heavy atom. The Bertz CT molecular complexity index is 366. The molecule has 1 rings (SSSR count). The molecule has 0 aliphatic rings. The molecule has 0 spiro atoms. The third kappa shape index (κ3) is 2.30. The second-order valence-electron chi connectivity index (χ2n) is 2.66. The van der Waals surface area contributed by atoms with Crippen molar-refractivity contribution < 1.29 is 0 Å². The van der Waals surface area contributed by atoms with E-state index in [1.165, 1.54) is 0 Å². The maximum atomic E-state index is 9.00. The van der Waals surface area contributed by atoms with Crippen molar-refractivity contribution in [1.82, 2.24) is 0 Å². The standard InChI is InChI=1S/C11H12N2S/c1-3-7-13-10-5-4-6-11(14-2)9(10)8-12/h3-6,13H,1,7H2,2H3. The summed E-state index contributed by atoms with van der Waals surface area (Å²) in [6, 6.07) is 8.00. The van der Waals surface area contributed by atoms with Crippen molar-refractivity contribution in [3.63, 3.8) is 0 Å². The fourth-order valence-electron chi connectivity index (χ4n) is 1.15. The zero-order chi connectivity index (χ0) is 10.4. The Labute approximate surface area is 88.6 Å². The molecule has 0 saturated carbocycles. The van der Waals surface area contributed by atoms with E-state index in [0.717, 1.165) is 10.6 Å². The predicted octanol–water partition coefficient (Wildman–Crippen LogP) is 2.88. The highest BCUT2D eigenvalue weighted by molar-refractivity contribution is 7.98. The molecule has 0 saturated heterocycles. The summed E-state index contributed by atoms with van der Waals surface area (Å²) < 4.78 is 0. The zero-order valence-electron chi connectivity index (χ0n) is 8.08. The van der Waals surface area contributed by atoms with Crippen molar-refractivity contribution in [2.24, 2.45) is 0 Å². The first-order chi connectivity index (χ1) is 6.83. The van der Waals surface area contributed by atoms with Gasteiger partial charge in [-0.2, -0.15) is 5.26 Å². The molecule has 0 unspecified atom stereocenters. The van der Waals surface area contributed by atoms with Crippen LogP contribution in [0.5, 0.6) is 0 Å². The molecule has 3 heteroatoms. The normalized spacial score (nSPS) is 9.14. The summed E-state index contributed by atoms with van der Waals surface area (Å²) in [7, 11) is 0. The molecule has 0 fully saturated rings. The van der Waals surface area contributed by atoms with Gasteiger partial charge in [-0.05, 0) is 18.4 Å². The Morgan fingerprint density at radius 1 is 1.64 bits per heavy atom. The summed E-state index contributed by atoms with van der Waals surface area (Å²) in [6.45, 7) is 4.30.